The predicted molar refractivity (Wildman–Crippen MR) is 45.0 cm³/mol. The molecule has 12 heavy (non-hydrogen) atoms. The lowest BCUT2D eigenvalue weighted by Crippen LogP contribution is -2.45. The molecule has 1 heterocycles. The highest BCUT2D eigenvalue weighted by Gasteiger charge is 2.22. The van der Waals surface area contributed by atoms with Gasteiger partial charge in [0.2, 0.25) is 0 Å². The summed E-state index contributed by atoms with van der Waals surface area (Å²) in [5.41, 5.74) is 5.82. The van der Waals surface area contributed by atoms with Gasteiger partial charge in [0.05, 0.1) is 25.9 Å². The topological polar surface area (TPSA) is 53.7 Å². The fourth-order valence-corrected chi connectivity index (χ4v) is 1.18. The van der Waals surface area contributed by atoms with Gasteiger partial charge in [-0.25, -0.2) is 0 Å². The Hall–Kier alpha value is -0.160. The quantitative estimate of drug-likeness (QED) is 0.599. The highest BCUT2D eigenvalue weighted by atomic mass is 16.6. The standard InChI is InChI=1S/C8H17NO3/c1-10-4-5-12-8-6-11-3-2-7(8)9/h7-8H,2-6,9H2,1H3/t7-,8+/m0/s1. The average Bonchev–Trinajstić information content (AvgIpc) is 2.09. The van der Waals surface area contributed by atoms with Crippen molar-refractivity contribution in [3.63, 3.8) is 0 Å². The molecular formula is C8H17NO3. The van der Waals surface area contributed by atoms with Gasteiger partial charge in [0.1, 0.15) is 0 Å². The number of nitrogens with two attached hydrogens (primary N) is 1. The van der Waals surface area contributed by atoms with Crippen molar-refractivity contribution in [3.8, 4) is 0 Å². The Morgan fingerprint density at radius 3 is 3.00 bits per heavy atom. The van der Waals surface area contributed by atoms with Crippen LogP contribution in [0.3, 0.4) is 0 Å². The number of rotatable bonds is 4. The minimum absolute atomic E-state index is 0.0499. The van der Waals surface area contributed by atoms with Gasteiger partial charge in [0.15, 0.2) is 0 Å². The van der Waals surface area contributed by atoms with E-state index >= 15 is 0 Å². The molecule has 72 valence electrons. The fourth-order valence-electron chi connectivity index (χ4n) is 1.18. The fraction of sp³-hybridized carbons (Fsp3) is 1.00. The Morgan fingerprint density at radius 1 is 1.50 bits per heavy atom. The Kier molecular flexibility index (Phi) is 4.53. The van der Waals surface area contributed by atoms with E-state index in [-0.39, 0.29) is 12.1 Å². The van der Waals surface area contributed by atoms with E-state index in [0.717, 1.165) is 13.0 Å². The Labute approximate surface area is 73.0 Å². The SMILES string of the molecule is COCCO[C@@H]1COCC[C@@H]1N. The highest BCUT2D eigenvalue weighted by Crippen LogP contribution is 2.08. The normalized spacial score (nSPS) is 30.5. The molecule has 4 heteroatoms. The molecule has 0 aromatic heterocycles. The van der Waals surface area contributed by atoms with Crippen molar-refractivity contribution >= 4 is 0 Å². The van der Waals surface area contributed by atoms with E-state index in [0.29, 0.717) is 19.8 Å². The first-order chi connectivity index (χ1) is 5.84. The molecule has 0 bridgehead atoms. The minimum atomic E-state index is 0.0499. The highest BCUT2D eigenvalue weighted by molar-refractivity contribution is 4.76. The second-order valence-electron chi connectivity index (χ2n) is 2.93. The lowest BCUT2D eigenvalue weighted by Gasteiger charge is -2.28. The predicted octanol–water partition coefficient (Wildman–Crippen LogP) is -0.234. The van der Waals surface area contributed by atoms with Crippen LogP contribution in [-0.2, 0) is 14.2 Å². The van der Waals surface area contributed by atoms with Gasteiger partial charge in [0.25, 0.3) is 0 Å². The molecular weight excluding hydrogens is 158 g/mol. The third-order valence-corrected chi connectivity index (χ3v) is 1.97. The number of hydrogen-bond donors (Lipinski definition) is 1. The van der Waals surface area contributed by atoms with E-state index in [2.05, 4.69) is 0 Å². The summed E-state index contributed by atoms with van der Waals surface area (Å²) in [5, 5.41) is 0. The largest absolute Gasteiger partial charge is 0.382 e. The third-order valence-electron chi connectivity index (χ3n) is 1.97. The van der Waals surface area contributed by atoms with Crippen molar-refractivity contribution < 1.29 is 14.2 Å². The summed E-state index contributed by atoms with van der Waals surface area (Å²) in [7, 11) is 1.65. The smallest absolute Gasteiger partial charge is 0.0960 e. The Bertz CT molecular complexity index is 121. The van der Waals surface area contributed by atoms with E-state index in [9.17, 15) is 0 Å². The molecule has 0 spiro atoms. The van der Waals surface area contributed by atoms with Crippen LogP contribution < -0.4 is 5.73 Å². The van der Waals surface area contributed by atoms with Crippen molar-refractivity contribution in [1.29, 1.82) is 0 Å². The van der Waals surface area contributed by atoms with Gasteiger partial charge in [0, 0.05) is 19.8 Å². The molecule has 0 radical (unpaired) electrons. The zero-order valence-electron chi connectivity index (χ0n) is 7.49. The maximum absolute atomic E-state index is 5.82. The van der Waals surface area contributed by atoms with Crippen LogP contribution in [0.5, 0.6) is 0 Å². The van der Waals surface area contributed by atoms with E-state index in [4.69, 9.17) is 19.9 Å². The first-order valence-corrected chi connectivity index (χ1v) is 4.28. The Morgan fingerprint density at radius 2 is 2.33 bits per heavy atom. The van der Waals surface area contributed by atoms with Crippen molar-refractivity contribution in [3.05, 3.63) is 0 Å². The summed E-state index contributed by atoms with van der Waals surface area (Å²) in [4.78, 5) is 0. The van der Waals surface area contributed by atoms with Crippen LogP contribution >= 0.6 is 0 Å². The van der Waals surface area contributed by atoms with Gasteiger partial charge in [-0.15, -0.1) is 0 Å². The number of methoxy groups -OCH3 is 1. The molecule has 0 aromatic carbocycles. The van der Waals surface area contributed by atoms with Crippen LogP contribution in [0, 0.1) is 0 Å². The second-order valence-corrected chi connectivity index (χ2v) is 2.93. The van der Waals surface area contributed by atoms with Gasteiger partial charge in [-0.05, 0) is 6.42 Å². The summed E-state index contributed by atoms with van der Waals surface area (Å²) < 4.78 is 15.6. The molecule has 1 saturated heterocycles. The maximum atomic E-state index is 5.82. The monoisotopic (exact) mass is 175 g/mol. The van der Waals surface area contributed by atoms with Crippen LogP contribution in [0.2, 0.25) is 0 Å². The van der Waals surface area contributed by atoms with Gasteiger partial charge in [-0.3, -0.25) is 0 Å². The molecule has 0 aliphatic carbocycles. The van der Waals surface area contributed by atoms with Gasteiger partial charge >= 0.3 is 0 Å². The number of hydrogen-bond acceptors (Lipinski definition) is 4. The summed E-state index contributed by atoms with van der Waals surface area (Å²) in [6, 6.07) is 0.121. The van der Waals surface area contributed by atoms with E-state index < -0.39 is 0 Å². The summed E-state index contributed by atoms with van der Waals surface area (Å²) >= 11 is 0. The summed E-state index contributed by atoms with van der Waals surface area (Å²) in [6.07, 6.45) is 0.936. The molecule has 1 aliphatic heterocycles. The van der Waals surface area contributed by atoms with Crippen molar-refractivity contribution in [2.75, 3.05) is 33.5 Å². The molecule has 4 nitrogen and oxygen atoms in total. The first-order valence-electron chi connectivity index (χ1n) is 4.28. The van der Waals surface area contributed by atoms with Gasteiger partial charge in [-0.1, -0.05) is 0 Å². The third kappa shape index (κ3) is 3.06. The second kappa shape index (κ2) is 5.48. The zero-order chi connectivity index (χ0) is 8.81. The molecule has 1 fully saturated rings. The summed E-state index contributed by atoms with van der Waals surface area (Å²) in [5.74, 6) is 0. The van der Waals surface area contributed by atoms with Crippen LogP contribution in [-0.4, -0.2) is 45.7 Å². The number of ether oxygens (including phenoxy) is 3. The molecule has 0 saturated carbocycles. The maximum Gasteiger partial charge on any atom is 0.0960 e. The van der Waals surface area contributed by atoms with Crippen molar-refractivity contribution in [2.24, 2.45) is 5.73 Å². The zero-order valence-corrected chi connectivity index (χ0v) is 7.49. The lowest BCUT2D eigenvalue weighted by molar-refractivity contribution is -0.0712. The van der Waals surface area contributed by atoms with E-state index in [1.165, 1.54) is 0 Å². The lowest BCUT2D eigenvalue weighted by atomic mass is 10.1. The Balaban J connectivity index is 2.11. The molecule has 1 aliphatic rings. The van der Waals surface area contributed by atoms with E-state index in [1.807, 2.05) is 0 Å². The molecule has 2 N–H and O–H groups in total. The van der Waals surface area contributed by atoms with Crippen LogP contribution in [0.15, 0.2) is 0 Å². The molecule has 2 atom stereocenters. The van der Waals surface area contributed by atoms with Gasteiger partial charge in [-0.2, -0.15) is 0 Å². The average molecular weight is 175 g/mol. The van der Waals surface area contributed by atoms with Crippen molar-refractivity contribution in [1.82, 2.24) is 0 Å². The molecule has 0 aromatic rings. The first kappa shape index (κ1) is 9.92. The summed E-state index contributed by atoms with van der Waals surface area (Å²) in [6.45, 7) is 2.58. The van der Waals surface area contributed by atoms with Gasteiger partial charge < -0.3 is 19.9 Å². The minimum Gasteiger partial charge on any atom is -0.382 e. The van der Waals surface area contributed by atoms with Crippen LogP contribution in [0.1, 0.15) is 6.42 Å². The molecule has 0 amide bonds. The molecule has 0 unspecified atom stereocenters. The van der Waals surface area contributed by atoms with E-state index in [1.54, 1.807) is 7.11 Å². The van der Waals surface area contributed by atoms with Crippen LogP contribution in [0.25, 0.3) is 0 Å². The van der Waals surface area contributed by atoms with Crippen molar-refractivity contribution in [2.45, 2.75) is 18.6 Å². The van der Waals surface area contributed by atoms with Crippen LogP contribution in [0.4, 0.5) is 0 Å². The molecule has 1 rings (SSSR count).